The van der Waals surface area contributed by atoms with Gasteiger partial charge in [0.25, 0.3) is 0 Å². The van der Waals surface area contributed by atoms with Gasteiger partial charge < -0.3 is 4.74 Å². The van der Waals surface area contributed by atoms with E-state index in [1.165, 1.54) is 30.6 Å². The van der Waals surface area contributed by atoms with Crippen LogP contribution in [0.2, 0.25) is 5.02 Å². The molecule has 100 valence electrons. The molecule has 0 unspecified atom stereocenters. The molecule has 0 aliphatic rings. The van der Waals surface area contributed by atoms with E-state index in [9.17, 15) is 13.6 Å². The van der Waals surface area contributed by atoms with Crippen molar-refractivity contribution < 1.29 is 18.3 Å². The zero-order valence-corrected chi connectivity index (χ0v) is 10.3. The number of carbonyl (C=O) groups is 1. The Morgan fingerprint density at radius 3 is 2.89 bits per heavy atom. The number of carbonyl (C=O) groups excluding carboxylic acids is 1. The van der Waals surface area contributed by atoms with Crippen molar-refractivity contribution in [1.29, 1.82) is 0 Å². The van der Waals surface area contributed by atoms with Crippen molar-refractivity contribution in [3.05, 3.63) is 47.0 Å². The third kappa shape index (κ3) is 3.08. The molecule has 0 aliphatic carbocycles. The molecule has 0 bridgehead atoms. The number of hydrogen-bond donors (Lipinski definition) is 0. The summed E-state index contributed by atoms with van der Waals surface area (Å²) in [6, 6.07) is 4.46. The van der Waals surface area contributed by atoms with Crippen LogP contribution in [-0.2, 0) is 6.61 Å². The van der Waals surface area contributed by atoms with Gasteiger partial charge in [0.15, 0.2) is 5.82 Å². The third-order valence-corrected chi connectivity index (χ3v) is 2.70. The Balaban J connectivity index is 2.10. The predicted octanol–water partition coefficient (Wildman–Crippen LogP) is 3.32. The quantitative estimate of drug-likeness (QED) is 0.792. The second-order valence-electron chi connectivity index (χ2n) is 3.62. The Labute approximate surface area is 112 Å². The topological polar surface area (TPSA) is 44.1 Å². The molecule has 1 aromatic carbocycles. The van der Waals surface area contributed by atoms with Crippen LogP contribution in [0.5, 0.6) is 5.75 Å². The fourth-order valence-electron chi connectivity index (χ4n) is 1.48. The summed E-state index contributed by atoms with van der Waals surface area (Å²) in [7, 11) is 0. The van der Waals surface area contributed by atoms with Gasteiger partial charge in [0.1, 0.15) is 18.6 Å². The van der Waals surface area contributed by atoms with Crippen LogP contribution >= 0.6 is 11.6 Å². The maximum Gasteiger partial charge on any atom is 0.320 e. The molecule has 0 aliphatic heterocycles. The number of ether oxygens (including phenoxy) is 1. The molecule has 4 nitrogen and oxygen atoms in total. The minimum Gasteiger partial charge on any atom is -0.484 e. The van der Waals surface area contributed by atoms with Crippen molar-refractivity contribution in [2.75, 3.05) is 0 Å². The molecule has 1 heterocycles. The first-order valence-electron chi connectivity index (χ1n) is 5.29. The highest BCUT2D eigenvalue weighted by atomic mass is 35.5. The monoisotopic (exact) mass is 286 g/mol. The minimum atomic E-state index is -2.67. The molecule has 0 fully saturated rings. The lowest BCUT2D eigenvalue weighted by Gasteiger charge is -2.09. The van der Waals surface area contributed by atoms with Crippen molar-refractivity contribution in [2.24, 2.45) is 0 Å². The average Bonchev–Trinajstić information content (AvgIpc) is 2.85. The summed E-state index contributed by atoms with van der Waals surface area (Å²) >= 11 is 5.89. The number of nitrogens with zero attached hydrogens (tertiary/aromatic N) is 2. The molecule has 0 spiro atoms. The van der Waals surface area contributed by atoms with Crippen LogP contribution in [-0.4, -0.2) is 15.8 Å². The number of imidazole rings is 1. The van der Waals surface area contributed by atoms with E-state index in [-0.39, 0.29) is 17.5 Å². The van der Waals surface area contributed by atoms with Gasteiger partial charge in [-0.15, -0.1) is 0 Å². The van der Waals surface area contributed by atoms with E-state index < -0.39 is 6.55 Å². The SMILES string of the molecule is O=Cc1ccc(OCc2nccn2C(F)F)c(Cl)c1. The van der Waals surface area contributed by atoms with Gasteiger partial charge in [-0.25, -0.2) is 4.98 Å². The highest BCUT2D eigenvalue weighted by Gasteiger charge is 2.12. The van der Waals surface area contributed by atoms with Crippen LogP contribution in [0, 0.1) is 0 Å². The van der Waals surface area contributed by atoms with Gasteiger partial charge in [0, 0.05) is 18.0 Å². The number of halogens is 3. The van der Waals surface area contributed by atoms with Gasteiger partial charge in [-0.2, -0.15) is 8.78 Å². The Kier molecular flexibility index (Phi) is 4.11. The summed E-state index contributed by atoms with van der Waals surface area (Å²) in [5.41, 5.74) is 0.409. The number of alkyl halides is 2. The second-order valence-corrected chi connectivity index (χ2v) is 4.03. The molecule has 0 atom stereocenters. The number of hydrogen-bond acceptors (Lipinski definition) is 3. The maximum absolute atomic E-state index is 12.6. The van der Waals surface area contributed by atoms with Crippen molar-refractivity contribution in [2.45, 2.75) is 13.2 Å². The molecule has 0 saturated carbocycles. The molecule has 2 rings (SSSR count). The molecule has 2 aromatic rings. The molecule has 0 saturated heterocycles. The van der Waals surface area contributed by atoms with Crippen molar-refractivity contribution in [3.63, 3.8) is 0 Å². The lowest BCUT2D eigenvalue weighted by Crippen LogP contribution is -2.07. The molecule has 19 heavy (non-hydrogen) atoms. The highest BCUT2D eigenvalue weighted by molar-refractivity contribution is 6.32. The minimum absolute atomic E-state index is 0.0885. The Hall–Kier alpha value is -1.95. The van der Waals surface area contributed by atoms with Crippen molar-refractivity contribution >= 4 is 17.9 Å². The first-order valence-corrected chi connectivity index (χ1v) is 5.67. The fourth-order valence-corrected chi connectivity index (χ4v) is 1.73. The normalized spacial score (nSPS) is 10.7. The van der Waals surface area contributed by atoms with E-state index >= 15 is 0 Å². The first kappa shape index (κ1) is 13.5. The van der Waals surface area contributed by atoms with Gasteiger partial charge in [0.2, 0.25) is 0 Å². The Morgan fingerprint density at radius 1 is 1.47 bits per heavy atom. The van der Waals surface area contributed by atoms with E-state index in [0.29, 0.717) is 22.2 Å². The summed E-state index contributed by atoms with van der Waals surface area (Å²) in [5.74, 6) is 0.390. The van der Waals surface area contributed by atoms with Crippen molar-refractivity contribution in [1.82, 2.24) is 9.55 Å². The summed E-state index contributed by atoms with van der Waals surface area (Å²) in [6.07, 6.45) is 3.08. The first-order chi connectivity index (χ1) is 9.11. The third-order valence-electron chi connectivity index (χ3n) is 2.41. The van der Waals surface area contributed by atoms with Crippen LogP contribution in [0.1, 0.15) is 22.7 Å². The lowest BCUT2D eigenvalue weighted by molar-refractivity contribution is 0.0632. The zero-order valence-electron chi connectivity index (χ0n) is 9.59. The van der Waals surface area contributed by atoms with Gasteiger partial charge >= 0.3 is 6.55 Å². The van der Waals surface area contributed by atoms with Gasteiger partial charge in [-0.05, 0) is 18.2 Å². The number of aldehydes is 1. The molecule has 0 N–H and O–H groups in total. The van der Waals surface area contributed by atoms with Gasteiger partial charge in [0.05, 0.1) is 5.02 Å². The van der Waals surface area contributed by atoms with Gasteiger partial charge in [-0.3, -0.25) is 9.36 Å². The Morgan fingerprint density at radius 2 is 2.26 bits per heavy atom. The van der Waals surface area contributed by atoms with E-state index in [2.05, 4.69) is 4.98 Å². The van der Waals surface area contributed by atoms with Gasteiger partial charge in [-0.1, -0.05) is 11.6 Å². The molecule has 0 amide bonds. The lowest BCUT2D eigenvalue weighted by atomic mass is 10.2. The van der Waals surface area contributed by atoms with E-state index in [0.717, 1.165) is 0 Å². The average molecular weight is 287 g/mol. The smallest absolute Gasteiger partial charge is 0.320 e. The van der Waals surface area contributed by atoms with Crippen molar-refractivity contribution in [3.8, 4) is 5.75 Å². The molecule has 7 heteroatoms. The van der Waals surface area contributed by atoms with Crippen LogP contribution in [0.3, 0.4) is 0 Å². The van der Waals surface area contributed by atoms with Crippen LogP contribution < -0.4 is 4.74 Å². The Bertz CT molecular complexity index is 587. The molecule has 0 radical (unpaired) electrons. The standard InChI is InChI=1S/C12H9ClF2N2O2/c13-9-5-8(6-18)1-2-10(9)19-7-11-16-3-4-17(11)12(14)15/h1-6,12H,7H2. The van der Waals surface area contributed by atoms with Crippen LogP contribution in [0.4, 0.5) is 8.78 Å². The largest absolute Gasteiger partial charge is 0.484 e. The second kappa shape index (κ2) is 5.79. The number of benzene rings is 1. The summed E-state index contributed by atoms with van der Waals surface area (Å²) in [6.45, 7) is -2.81. The predicted molar refractivity (Wildman–Crippen MR) is 64.7 cm³/mol. The van der Waals surface area contributed by atoms with E-state index in [1.54, 1.807) is 0 Å². The molecule has 1 aromatic heterocycles. The summed E-state index contributed by atoms with van der Waals surface area (Å²) in [5, 5.41) is 0.236. The number of aromatic nitrogens is 2. The van der Waals surface area contributed by atoms with Crippen LogP contribution in [0.15, 0.2) is 30.6 Å². The highest BCUT2D eigenvalue weighted by Crippen LogP contribution is 2.26. The molecular formula is C12H9ClF2N2O2. The summed E-state index contributed by atoms with van der Waals surface area (Å²) in [4.78, 5) is 14.3. The fraction of sp³-hybridized carbons (Fsp3) is 0.167. The zero-order chi connectivity index (χ0) is 13.8. The number of rotatable bonds is 5. The van der Waals surface area contributed by atoms with Crippen LogP contribution in [0.25, 0.3) is 0 Å². The maximum atomic E-state index is 12.6. The molecular weight excluding hydrogens is 278 g/mol. The summed E-state index contributed by atoms with van der Waals surface area (Å²) < 4.78 is 31.1. The van der Waals surface area contributed by atoms with E-state index in [1.807, 2.05) is 0 Å². The van der Waals surface area contributed by atoms with E-state index in [4.69, 9.17) is 16.3 Å².